The Balaban J connectivity index is 1.80. The average molecular weight is 424 g/mol. The fourth-order valence-electron chi connectivity index (χ4n) is 3.46. The van der Waals surface area contributed by atoms with Crippen LogP contribution in [-0.4, -0.2) is 60.2 Å². The zero-order chi connectivity index (χ0) is 21.3. The number of aryl methyl sites for hydroxylation is 2. The molecule has 12 heteroatoms. The van der Waals surface area contributed by atoms with Gasteiger partial charge in [0.25, 0.3) is 5.91 Å². The van der Waals surface area contributed by atoms with Crippen molar-refractivity contribution < 1.29 is 22.5 Å². The Kier molecular flexibility index (Phi) is 5.75. The minimum Gasteiger partial charge on any atom is -0.360 e. The highest BCUT2D eigenvalue weighted by Gasteiger charge is 2.29. The molecule has 1 aliphatic rings. The van der Waals surface area contributed by atoms with Crippen LogP contribution in [0.15, 0.2) is 9.42 Å². The van der Waals surface area contributed by atoms with E-state index >= 15 is 0 Å². The molecule has 0 spiro atoms. The third-order valence-electron chi connectivity index (χ3n) is 4.87. The molecule has 158 valence electrons. The number of nitrogens with one attached hydrogen (secondary N) is 2. The second-order valence-corrected chi connectivity index (χ2v) is 8.52. The summed E-state index contributed by atoms with van der Waals surface area (Å²) in [5.41, 5.74) is 2.07. The van der Waals surface area contributed by atoms with Crippen LogP contribution in [-0.2, 0) is 34.3 Å². The minimum absolute atomic E-state index is 0.0307. The lowest BCUT2D eigenvalue weighted by Gasteiger charge is -2.26. The van der Waals surface area contributed by atoms with Gasteiger partial charge in [0.05, 0.1) is 6.54 Å². The molecule has 0 bridgehead atoms. The summed E-state index contributed by atoms with van der Waals surface area (Å²) in [7, 11) is -2.27. The van der Waals surface area contributed by atoms with Crippen molar-refractivity contribution in [1.29, 1.82) is 0 Å². The number of amides is 2. The van der Waals surface area contributed by atoms with Crippen LogP contribution < -0.4 is 10.0 Å². The van der Waals surface area contributed by atoms with Crippen LogP contribution in [0.5, 0.6) is 0 Å². The quantitative estimate of drug-likeness (QED) is 0.651. The molecule has 0 fully saturated rings. The van der Waals surface area contributed by atoms with E-state index in [0.717, 1.165) is 5.69 Å². The number of hydrogen-bond acceptors (Lipinski definition) is 7. The predicted octanol–water partition coefficient (Wildman–Crippen LogP) is -0.269. The Morgan fingerprint density at radius 2 is 2.00 bits per heavy atom. The first-order chi connectivity index (χ1) is 13.7. The summed E-state index contributed by atoms with van der Waals surface area (Å²) in [6.45, 7) is 5.72. The summed E-state index contributed by atoms with van der Waals surface area (Å²) in [4.78, 5) is 25.6. The van der Waals surface area contributed by atoms with E-state index in [1.165, 1.54) is 20.9 Å². The number of carbonyl (C=O) groups is 2. The van der Waals surface area contributed by atoms with Crippen LogP contribution in [0.2, 0.25) is 0 Å². The van der Waals surface area contributed by atoms with Crippen molar-refractivity contribution >= 4 is 21.8 Å². The molecule has 3 heterocycles. The maximum atomic E-state index is 12.5. The number of fused-ring (bicyclic) bond motifs is 1. The molecule has 1 aliphatic heterocycles. The van der Waals surface area contributed by atoms with Crippen molar-refractivity contribution in [3.8, 4) is 0 Å². The van der Waals surface area contributed by atoms with Crippen LogP contribution >= 0.6 is 0 Å². The highest BCUT2D eigenvalue weighted by molar-refractivity contribution is 7.89. The third kappa shape index (κ3) is 4.03. The fraction of sp³-hybridized carbons (Fsp3) is 0.529. The number of carbonyl (C=O) groups excluding carboxylic acids is 2. The van der Waals surface area contributed by atoms with E-state index < -0.39 is 10.0 Å². The lowest BCUT2D eigenvalue weighted by atomic mass is 10.0. The van der Waals surface area contributed by atoms with Crippen LogP contribution in [0.3, 0.4) is 0 Å². The number of rotatable bonds is 6. The molecule has 29 heavy (non-hydrogen) atoms. The molecule has 0 radical (unpaired) electrons. The average Bonchev–Trinajstić information content (AvgIpc) is 3.20. The summed E-state index contributed by atoms with van der Waals surface area (Å²) >= 11 is 0. The minimum atomic E-state index is -3.78. The summed E-state index contributed by atoms with van der Waals surface area (Å²) in [6, 6.07) is 0. The number of nitrogens with zero attached hydrogens (tertiary/aromatic N) is 4. The van der Waals surface area contributed by atoms with Crippen LogP contribution in [0.1, 0.15) is 40.1 Å². The van der Waals surface area contributed by atoms with Gasteiger partial charge in [-0.25, -0.2) is 13.1 Å². The molecule has 3 rings (SSSR count). The Morgan fingerprint density at radius 3 is 2.59 bits per heavy atom. The van der Waals surface area contributed by atoms with E-state index in [1.807, 2.05) is 0 Å². The molecule has 0 aromatic carbocycles. The maximum absolute atomic E-state index is 12.5. The van der Waals surface area contributed by atoms with E-state index in [2.05, 4.69) is 20.3 Å². The maximum Gasteiger partial charge on any atom is 0.271 e. The van der Waals surface area contributed by atoms with Gasteiger partial charge in [0.2, 0.25) is 15.9 Å². The van der Waals surface area contributed by atoms with Gasteiger partial charge in [-0.15, -0.1) is 0 Å². The topological polar surface area (TPSA) is 139 Å². The van der Waals surface area contributed by atoms with Crippen molar-refractivity contribution in [2.45, 2.75) is 45.2 Å². The van der Waals surface area contributed by atoms with Gasteiger partial charge in [-0.2, -0.15) is 5.10 Å². The van der Waals surface area contributed by atoms with E-state index in [9.17, 15) is 18.0 Å². The first-order valence-electron chi connectivity index (χ1n) is 9.14. The standard InChI is InChI=1S/C17H24N6O5S/c1-10-16(11(2)28-21-10)29(26,27)19-6-8-23-14-5-7-22(12(3)24)9-13(14)15(20-23)17(25)18-4/h19H,5-9H2,1-4H3,(H,18,25). The van der Waals surface area contributed by atoms with Gasteiger partial charge < -0.3 is 14.7 Å². The molecule has 2 N–H and O–H groups in total. The van der Waals surface area contributed by atoms with Gasteiger partial charge >= 0.3 is 0 Å². The molecule has 0 atom stereocenters. The molecular weight excluding hydrogens is 400 g/mol. The number of aromatic nitrogens is 3. The summed E-state index contributed by atoms with van der Waals surface area (Å²) in [5, 5.41) is 10.6. The smallest absolute Gasteiger partial charge is 0.271 e. The largest absolute Gasteiger partial charge is 0.360 e. The van der Waals surface area contributed by atoms with Gasteiger partial charge in [-0.3, -0.25) is 14.3 Å². The monoisotopic (exact) mass is 424 g/mol. The number of hydrogen-bond donors (Lipinski definition) is 2. The highest BCUT2D eigenvalue weighted by Crippen LogP contribution is 2.23. The normalized spacial score (nSPS) is 14.0. The van der Waals surface area contributed by atoms with Crippen LogP contribution in [0.4, 0.5) is 0 Å². The van der Waals surface area contributed by atoms with Crippen LogP contribution in [0.25, 0.3) is 0 Å². The van der Waals surface area contributed by atoms with Gasteiger partial charge in [-0.1, -0.05) is 5.16 Å². The Bertz CT molecular complexity index is 1040. The molecule has 0 saturated heterocycles. The van der Waals surface area contributed by atoms with Crippen molar-refractivity contribution in [3.63, 3.8) is 0 Å². The molecule has 0 unspecified atom stereocenters. The van der Waals surface area contributed by atoms with Gasteiger partial charge in [0.15, 0.2) is 11.5 Å². The first kappa shape index (κ1) is 21.0. The van der Waals surface area contributed by atoms with Crippen LogP contribution in [0, 0.1) is 13.8 Å². The zero-order valence-corrected chi connectivity index (χ0v) is 17.6. The Labute approximate surface area is 168 Å². The van der Waals surface area contributed by atoms with Gasteiger partial charge in [0, 0.05) is 51.3 Å². The zero-order valence-electron chi connectivity index (χ0n) is 16.8. The summed E-state index contributed by atoms with van der Waals surface area (Å²) < 4.78 is 34.2. The first-order valence-corrected chi connectivity index (χ1v) is 10.6. The molecule has 2 aromatic heterocycles. The second kappa shape index (κ2) is 7.95. The fourth-order valence-corrected chi connectivity index (χ4v) is 4.81. The van der Waals surface area contributed by atoms with Crippen molar-refractivity contribution in [2.75, 3.05) is 20.1 Å². The Hall–Kier alpha value is -2.73. The van der Waals surface area contributed by atoms with Gasteiger partial charge in [-0.05, 0) is 13.8 Å². The molecule has 0 aliphatic carbocycles. The van der Waals surface area contributed by atoms with E-state index in [4.69, 9.17) is 4.52 Å². The summed E-state index contributed by atoms with van der Waals surface area (Å²) in [5.74, 6) is -0.196. The molecule has 11 nitrogen and oxygen atoms in total. The third-order valence-corrected chi connectivity index (χ3v) is 6.58. The van der Waals surface area contributed by atoms with E-state index in [-0.39, 0.29) is 46.9 Å². The molecule has 0 saturated carbocycles. The van der Waals surface area contributed by atoms with E-state index in [1.54, 1.807) is 16.5 Å². The lowest BCUT2D eigenvalue weighted by molar-refractivity contribution is -0.129. The van der Waals surface area contributed by atoms with E-state index in [0.29, 0.717) is 25.1 Å². The van der Waals surface area contributed by atoms with Gasteiger partial charge in [0.1, 0.15) is 10.6 Å². The Morgan fingerprint density at radius 1 is 1.28 bits per heavy atom. The van der Waals surface area contributed by atoms with Crippen molar-refractivity contribution in [1.82, 2.24) is 29.9 Å². The van der Waals surface area contributed by atoms with Crippen molar-refractivity contribution in [3.05, 3.63) is 28.4 Å². The lowest BCUT2D eigenvalue weighted by Crippen LogP contribution is -2.36. The predicted molar refractivity (Wildman–Crippen MR) is 102 cm³/mol. The molecular formula is C17H24N6O5S. The highest BCUT2D eigenvalue weighted by atomic mass is 32.2. The molecule has 2 aromatic rings. The summed E-state index contributed by atoms with van der Waals surface area (Å²) in [6.07, 6.45) is 0.537. The number of sulfonamides is 1. The molecule has 2 amide bonds. The van der Waals surface area contributed by atoms with Crippen molar-refractivity contribution in [2.24, 2.45) is 0 Å². The SMILES string of the molecule is CNC(=O)c1nn(CCNS(=O)(=O)c2c(C)noc2C)c2c1CN(C(C)=O)CC2. The second-order valence-electron chi connectivity index (χ2n) is 6.82.